The average Bonchev–Trinajstić information content (AvgIpc) is 3.28. The van der Waals surface area contributed by atoms with Crippen molar-refractivity contribution in [2.75, 3.05) is 6.54 Å². The molecule has 0 saturated heterocycles. The summed E-state index contributed by atoms with van der Waals surface area (Å²) in [5, 5.41) is 4.49. The van der Waals surface area contributed by atoms with Gasteiger partial charge in [-0.3, -0.25) is 4.79 Å². The highest BCUT2D eigenvalue weighted by molar-refractivity contribution is 5.79. The molecule has 25 heavy (non-hydrogen) atoms. The summed E-state index contributed by atoms with van der Waals surface area (Å²) in [5.41, 5.74) is 0. The fourth-order valence-electron chi connectivity index (χ4n) is 3.88. The Morgan fingerprint density at radius 1 is 1.24 bits per heavy atom. The van der Waals surface area contributed by atoms with Crippen LogP contribution in [0.2, 0.25) is 0 Å². The Hall–Kier alpha value is -2.44. The molecule has 0 radical (unpaired) electrons. The van der Waals surface area contributed by atoms with Crippen LogP contribution in [0.1, 0.15) is 30.3 Å². The van der Waals surface area contributed by atoms with E-state index in [2.05, 4.69) is 31.8 Å². The van der Waals surface area contributed by atoms with Crippen LogP contribution in [0, 0.1) is 25.7 Å². The van der Waals surface area contributed by atoms with E-state index in [1.165, 1.54) is 0 Å². The number of rotatable bonds is 3. The van der Waals surface area contributed by atoms with E-state index in [9.17, 15) is 4.79 Å². The second-order valence-electron chi connectivity index (χ2n) is 7.11. The Morgan fingerprint density at radius 2 is 2.04 bits per heavy atom. The predicted molar refractivity (Wildman–Crippen MR) is 92.5 cm³/mol. The predicted octanol–water partition coefficient (Wildman–Crippen LogP) is 1.72. The van der Waals surface area contributed by atoms with Crippen LogP contribution in [0.25, 0.3) is 0 Å². The van der Waals surface area contributed by atoms with Crippen LogP contribution in [0.4, 0.5) is 0 Å². The van der Waals surface area contributed by atoms with Gasteiger partial charge in [0.05, 0.1) is 6.54 Å². The number of fused-ring (bicyclic) bond motifs is 1. The molecule has 1 atom stereocenters. The molecule has 0 N–H and O–H groups in total. The number of amides is 1. The van der Waals surface area contributed by atoms with E-state index in [4.69, 9.17) is 0 Å². The minimum atomic E-state index is 0.0949. The fourth-order valence-corrected chi connectivity index (χ4v) is 3.88. The molecule has 2 aliphatic rings. The summed E-state index contributed by atoms with van der Waals surface area (Å²) in [6.07, 6.45) is 9.77. The van der Waals surface area contributed by atoms with Crippen LogP contribution in [-0.4, -0.2) is 41.7 Å². The van der Waals surface area contributed by atoms with Gasteiger partial charge in [0.1, 0.15) is 17.5 Å². The van der Waals surface area contributed by atoms with Crippen LogP contribution in [0.5, 0.6) is 0 Å². The molecule has 0 saturated carbocycles. The van der Waals surface area contributed by atoms with Crippen LogP contribution < -0.4 is 0 Å². The Bertz CT molecular complexity index is 796. The van der Waals surface area contributed by atoms with Crippen LogP contribution in [0.15, 0.2) is 24.5 Å². The van der Waals surface area contributed by atoms with Gasteiger partial charge in [-0.1, -0.05) is 12.2 Å². The summed E-state index contributed by atoms with van der Waals surface area (Å²) in [7, 11) is 0. The van der Waals surface area contributed by atoms with Crippen molar-refractivity contribution in [2.45, 2.75) is 46.3 Å². The van der Waals surface area contributed by atoms with E-state index >= 15 is 0 Å². The lowest BCUT2D eigenvalue weighted by Gasteiger charge is -2.26. The molecular weight excluding hydrogens is 316 g/mol. The maximum absolute atomic E-state index is 13.0. The van der Waals surface area contributed by atoms with Gasteiger partial charge in [0.2, 0.25) is 5.91 Å². The van der Waals surface area contributed by atoms with Crippen molar-refractivity contribution in [3.63, 3.8) is 0 Å². The maximum Gasteiger partial charge on any atom is 0.226 e. The number of imidazole rings is 1. The normalized spacial score (nSPS) is 20.7. The molecule has 2 aromatic rings. The third-order valence-corrected chi connectivity index (χ3v) is 5.13. The number of hydrogen-bond donors (Lipinski definition) is 0. The Morgan fingerprint density at radius 3 is 2.76 bits per heavy atom. The molecule has 132 valence electrons. The third kappa shape index (κ3) is 3.23. The van der Waals surface area contributed by atoms with E-state index in [-0.39, 0.29) is 17.7 Å². The molecule has 1 aliphatic carbocycles. The van der Waals surface area contributed by atoms with Crippen molar-refractivity contribution in [1.82, 2.24) is 29.2 Å². The molecule has 4 rings (SSSR count). The number of carbonyl (C=O) groups excluding carboxylic acids is 1. The monoisotopic (exact) mass is 340 g/mol. The summed E-state index contributed by atoms with van der Waals surface area (Å²) in [4.78, 5) is 23.8. The van der Waals surface area contributed by atoms with Crippen molar-refractivity contribution in [3.05, 3.63) is 42.0 Å². The highest BCUT2D eigenvalue weighted by Gasteiger charge is 2.30. The molecule has 2 aromatic heterocycles. The Balaban J connectivity index is 1.56. The lowest BCUT2D eigenvalue weighted by atomic mass is 10.0. The van der Waals surface area contributed by atoms with Crippen LogP contribution in [0.3, 0.4) is 0 Å². The first-order valence-electron chi connectivity index (χ1n) is 8.92. The number of nitrogens with zero attached hydrogens (tertiary/aromatic N) is 6. The third-order valence-electron chi connectivity index (χ3n) is 5.13. The Labute approximate surface area is 147 Å². The van der Waals surface area contributed by atoms with Gasteiger partial charge in [0.15, 0.2) is 0 Å². The molecule has 1 aliphatic heterocycles. The van der Waals surface area contributed by atoms with Crippen molar-refractivity contribution in [2.24, 2.45) is 11.8 Å². The summed E-state index contributed by atoms with van der Waals surface area (Å²) in [5.74, 6) is 3.31. The topological polar surface area (TPSA) is 68.8 Å². The minimum absolute atomic E-state index is 0.0949. The number of carbonyl (C=O) groups is 1. The molecule has 7 nitrogen and oxygen atoms in total. The first-order chi connectivity index (χ1) is 12.1. The van der Waals surface area contributed by atoms with Gasteiger partial charge in [0.25, 0.3) is 0 Å². The van der Waals surface area contributed by atoms with Gasteiger partial charge < -0.3 is 9.47 Å². The number of allylic oxidation sites excluding steroid dienone is 2. The maximum atomic E-state index is 13.0. The fraction of sp³-hybridized carbons (Fsp3) is 0.556. The smallest absolute Gasteiger partial charge is 0.226 e. The SMILES string of the molecule is Cc1nc(C)n(C[C@H]2CN(C(=O)C3CC=CC3)Cc3nccn3C2)n1. The van der Waals surface area contributed by atoms with Crippen molar-refractivity contribution in [1.29, 1.82) is 0 Å². The van der Waals surface area contributed by atoms with E-state index in [0.717, 1.165) is 49.9 Å². The van der Waals surface area contributed by atoms with Gasteiger partial charge in [-0.05, 0) is 26.7 Å². The number of aryl methyl sites for hydroxylation is 2. The molecule has 3 heterocycles. The lowest BCUT2D eigenvalue weighted by molar-refractivity contribution is -0.136. The molecular formula is C18H24N6O. The highest BCUT2D eigenvalue weighted by Crippen LogP contribution is 2.24. The zero-order valence-corrected chi connectivity index (χ0v) is 14.8. The van der Waals surface area contributed by atoms with Crippen molar-refractivity contribution >= 4 is 5.91 Å². The second-order valence-corrected chi connectivity index (χ2v) is 7.11. The van der Waals surface area contributed by atoms with Crippen LogP contribution >= 0.6 is 0 Å². The van der Waals surface area contributed by atoms with Gasteiger partial charge in [0, 0.05) is 43.9 Å². The van der Waals surface area contributed by atoms with E-state index < -0.39 is 0 Å². The molecule has 1 amide bonds. The first kappa shape index (κ1) is 16.1. The zero-order chi connectivity index (χ0) is 17.4. The zero-order valence-electron chi connectivity index (χ0n) is 14.8. The van der Waals surface area contributed by atoms with Gasteiger partial charge in [-0.15, -0.1) is 0 Å². The van der Waals surface area contributed by atoms with Gasteiger partial charge in [-0.25, -0.2) is 14.6 Å². The summed E-state index contributed by atoms with van der Waals surface area (Å²) < 4.78 is 4.13. The van der Waals surface area contributed by atoms with Crippen molar-refractivity contribution < 1.29 is 4.79 Å². The summed E-state index contributed by atoms with van der Waals surface area (Å²) >= 11 is 0. The molecule has 7 heteroatoms. The molecule has 0 aromatic carbocycles. The molecule has 0 unspecified atom stereocenters. The number of aromatic nitrogens is 5. The quantitative estimate of drug-likeness (QED) is 0.798. The van der Waals surface area contributed by atoms with Gasteiger partial charge >= 0.3 is 0 Å². The van der Waals surface area contributed by atoms with Crippen molar-refractivity contribution in [3.8, 4) is 0 Å². The molecule has 0 spiro atoms. The highest BCUT2D eigenvalue weighted by atomic mass is 16.2. The first-order valence-corrected chi connectivity index (χ1v) is 8.92. The number of hydrogen-bond acceptors (Lipinski definition) is 4. The standard InChI is InChI=1S/C18H24N6O/c1-13-20-14(2)24(21-13)11-15-9-22-8-7-19-17(22)12-23(10-15)18(25)16-5-3-4-6-16/h3-4,7-8,15-16H,5-6,9-12H2,1-2H3/t15-/m1/s1. The average molecular weight is 340 g/mol. The Kier molecular flexibility index (Phi) is 4.15. The largest absolute Gasteiger partial charge is 0.335 e. The minimum Gasteiger partial charge on any atom is -0.335 e. The van der Waals surface area contributed by atoms with E-state index in [0.29, 0.717) is 6.54 Å². The lowest BCUT2D eigenvalue weighted by Crippen LogP contribution is -2.38. The summed E-state index contributed by atoms with van der Waals surface area (Å²) in [6, 6.07) is 0. The second kappa shape index (κ2) is 6.46. The summed E-state index contributed by atoms with van der Waals surface area (Å²) in [6.45, 7) is 6.82. The molecule has 0 fully saturated rings. The molecule has 0 bridgehead atoms. The van der Waals surface area contributed by atoms with E-state index in [1.807, 2.05) is 35.8 Å². The van der Waals surface area contributed by atoms with E-state index in [1.54, 1.807) is 0 Å². The van der Waals surface area contributed by atoms with Crippen LogP contribution in [-0.2, 0) is 24.4 Å². The van der Waals surface area contributed by atoms with Gasteiger partial charge in [-0.2, -0.15) is 5.10 Å².